The number of amides is 2. The summed E-state index contributed by atoms with van der Waals surface area (Å²) in [6, 6.07) is 23.4. The van der Waals surface area contributed by atoms with Crippen LogP contribution in [0.1, 0.15) is 28.5 Å². The van der Waals surface area contributed by atoms with Crippen molar-refractivity contribution < 1.29 is 22.8 Å². The van der Waals surface area contributed by atoms with Crippen LogP contribution >= 0.6 is 0 Å². The lowest BCUT2D eigenvalue weighted by atomic mass is 9.68. The van der Waals surface area contributed by atoms with E-state index in [1.54, 1.807) is 0 Å². The molecule has 33 heavy (non-hydrogen) atoms. The molecule has 1 aliphatic heterocycles. The van der Waals surface area contributed by atoms with Crippen LogP contribution in [0, 0.1) is 11.8 Å². The standard InChI is InChI=1S/C27H20F3NO2/c28-27(29,30)21-13-7-8-14-22(21)31-25(32)23-19(17-9-3-1-4-10-17)15-16-20(24(23)26(31)33)18-11-5-2-6-12-18/h1-16,19-20,23-24H. The van der Waals surface area contributed by atoms with Crippen LogP contribution in [0.3, 0.4) is 0 Å². The monoisotopic (exact) mass is 447 g/mol. The number of hydrogen-bond donors (Lipinski definition) is 0. The van der Waals surface area contributed by atoms with Gasteiger partial charge in [0.25, 0.3) is 0 Å². The van der Waals surface area contributed by atoms with Gasteiger partial charge >= 0.3 is 6.18 Å². The molecule has 2 amide bonds. The lowest BCUT2D eigenvalue weighted by Gasteiger charge is -2.32. The normalized spacial score (nSPS) is 24.8. The molecule has 3 aromatic rings. The molecule has 1 heterocycles. The highest BCUT2D eigenvalue weighted by molar-refractivity contribution is 6.23. The van der Waals surface area contributed by atoms with E-state index in [9.17, 15) is 22.8 Å². The maximum absolute atomic E-state index is 13.7. The first-order valence-corrected chi connectivity index (χ1v) is 10.7. The van der Waals surface area contributed by atoms with Crippen LogP contribution in [0.4, 0.5) is 18.9 Å². The smallest absolute Gasteiger partial charge is 0.274 e. The number of halogens is 3. The maximum Gasteiger partial charge on any atom is 0.418 e. The van der Waals surface area contributed by atoms with E-state index in [0.29, 0.717) is 0 Å². The molecule has 3 aromatic carbocycles. The average molecular weight is 447 g/mol. The van der Waals surface area contributed by atoms with Gasteiger partial charge in [0.2, 0.25) is 11.8 Å². The van der Waals surface area contributed by atoms with E-state index >= 15 is 0 Å². The first-order valence-electron chi connectivity index (χ1n) is 10.7. The van der Waals surface area contributed by atoms with Crippen molar-refractivity contribution in [3.63, 3.8) is 0 Å². The molecule has 4 unspecified atom stereocenters. The maximum atomic E-state index is 13.7. The van der Waals surface area contributed by atoms with Crippen molar-refractivity contribution in [2.45, 2.75) is 18.0 Å². The van der Waals surface area contributed by atoms with E-state index in [1.165, 1.54) is 18.2 Å². The van der Waals surface area contributed by atoms with E-state index in [0.717, 1.165) is 22.1 Å². The van der Waals surface area contributed by atoms with Crippen molar-refractivity contribution in [1.82, 2.24) is 0 Å². The number of alkyl halides is 3. The Bertz CT molecular complexity index is 1150. The van der Waals surface area contributed by atoms with Crippen LogP contribution in [0.5, 0.6) is 0 Å². The molecule has 166 valence electrons. The third-order valence-electron chi connectivity index (χ3n) is 6.52. The van der Waals surface area contributed by atoms with E-state index in [4.69, 9.17) is 0 Å². The molecule has 6 heteroatoms. The Morgan fingerprint density at radius 2 is 1.03 bits per heavy atom. The van der Waals surface area contributed by atoms with Crippen molar-refractivity contribution in [3.8, 4) is 0 Å². The minimum Gasteiger partial charge on any atom is -0.274 e. The van der Waals surface area contributed by atoms with E-state index in [2.05, 4.69) is 0 Å². The molecule has 0 radical (unpaired) electrons. The second-order valence-corrected chi connectivity index (χ2v) is 8.34. The van der Waals surface area contributed by atoms with Crippen molar-refractivity contribution in [3.05, 3.63) is 114 Å². The van der Waals surface area contributed by atoms with Crippen LogP contribution in [-0.4, -0.2) is 11.8 Å². The fourth-order valence-corrected chi connectivity index (χ4v) is 5.08. The van der Waals surface area contributed by atoms with Crippen LogP contribution in [0.2, 0.25) is 0 Å². The number of allylic oxidation sites excluding steroid dienone is 2. The lowest BCUT2D eigenvalue weighted by molar-refractivity contribution is -0.137. The van der Waals surface area contributed by atoms with Gasteiger partial charge in [0.15, 0.2) is 0 Å². The van der Waals surface area contributed by atoms with Gasteiger partial charge in [-0.15, -0.1) is 0 Å². The van der Waals surface area contributed by atoms with Gasteiger partial charge in [-0.2, -0.15) is 13.2 Å². The number of para-hydroxylation sites is 1. The summed E-state index contributed by atoms with van der Waals surface area (Å²) in [7, 11) is 0. The van der Waals surface area contributed by atoms with E-state index in [-0.39, 0.29) is 0 Å². The largest absolute Gasteiger partial charge is 0.418 e. The van der Waals surface area contributed by atoms with Crippen LogP contribution in [-0.2, 0) is 15.8 Å². The van der Waals surface area contributed by atoms with Gasteiger partial charge < -0.3 is 0 Å². The molecule has 0 bridgehead atoms. The zero-order valence-corrected chi connectivity index (χ0v) is 17.4. The molecular weight excluding hydrogens is 427 g/mol. The Balaban J connectivity index is 1.66. The zero-order valence-electron chi connectivity index (χ0n) is 17.4. The SMILES string of the molecule is O=C1C2C(c3ccccc3)C=CC(c3ccccc3)C2C(=O)N1c1ccccc1C(F)(F)F. The first-order chi connectivity index (χ1) is 15.9. The molecule has 1 fully saturated rings. The van der Waals surface area contributed by atoms with Gasteiger partial charge in [0.05, 0.1) is 23.1 Å². The highest BCUT2D eigenvalue weighted by atomic mass is 19.4. The molecule has 0 saturated carbocycles. The van der Waals surface area contributed by atoms with Crippen LogP contribution in [0.15, 0.2) is 97.1 Å². The summed E-state index contributed by atoms with van der Waals surface area (Å²) in [6.07, 6.45) is -0.863. The summed E-state index contributed by atoms with van der Waals surface area (Å²) >= 11 is 0. The molecule has 5 rings (SSSR count). The molecule has 0 aromatic heterocycles. The second-order valence-electron chi connectivity index (χ2n) is 8.34. The minimum atomic E-state index is -4.69. The van der Waals surface area contributed by atoms with Crippen molar-refractivity contribution in [1.29, 1.82) is 0 Å². The Labute approximate surface area is 189 Å². The Morgan fingerprint density at radius 3 is 1.48 bits per heavy atom. The van der Waals surface area contributed by atoms with Gasteiger partial charge in [-0.3, -0.25) is 9.59 Å². The zero-order chi connectivity index (χ0) is 23.2. The fraction of sp³-hybridized carbons (Fsp3) is 0.185. The quantitative estimate of drug-likeness (QED) is 0.368. The number of carbonyl (C=O) groups is 2. The topological polar surface area (TPSA) is 37.4 Å². The summed E-state index contributed by atoms with van der Waals surface area (Å²) in [5, 5.41) is 0. The van der Waals surface area contributed by atoms with Crippen molar-refractivity contribution in [2.24, 2.45) is 11.8 Å². The lowest BCUT2D eigenvalue weighted by Crippen LogP contribution is -2.33. The Kier molecular flexibility index (Phi) is 5.16. The van der Waals surface area contributed by atoms with E-state index in [1.807, 2.05) is 72.8 Å². The number of benzene rings is 3. The molecule has 0 spiro atoms. The summed E-state index contributed by atoms with van der Waals surface area (Å²) < 4.78 is 41.2. The number of fused-ring (bicyclic) bond motifs is 1. The second kappa shape index (κ2) is 8.03. The number of hydrogen-bond acceptors (Lipinski definition) is 2. The first kappa shape index (κ1) is 21.2. The van der Waals surface area contributed by atoms with Gasteiger partial charge in [-0.25, -0.2) is 4.90 Å². The predicted molar refractivity (Wildman–Crippen MR) is 118 cm³/mol. The number of nitrogens with zero attached hydrogens (tertiary/aromatic N) is 1. The predicted octanol–water partition coefficient (Wildman–Crippen LogP) is 5.95. The van der Waals surface area contributed by atoms with Crippen LogP contribution in [0.25, 0.3) is 0 Å². The highest BCUT2D eigenvalue weighted by Gasteiger charge is 2.56. The molecule has 1 saturated heterocycles. The van der Waals surface area contributed by atoms with Gasteiger partial charge in [-0.05, 0) is 23.3 Å². The number of rotatable bonds is 3. The molecule has 1 aliphatic carbocycles. The Hall–Kier alpha value is -3.67. The summed E-state index contributed by atoms with van der Waals surface area (Å²) in [6.45, 7) is 0. The van der Waals surface area contributed by atoms with E-state index < -0.39 is 52.9 Å². The Morgan fingerprint density at radius 1 is 0.606 bits per heavy atom. The third-order valence-corrected chi connectivity index (χ3v) is 6.52. The molecule has 0 N–H and O–H groups in total. The van der Waals surface area contributed by atoms with Crippen LogP contribution < -0.4 is 4.90 Å². The van der Waals surface area contributed by atoms with Gasteiger partial charge in [-0.1, -0.05) is 84.9 Å². The minimum absolute atomic E-state index is 0.407. The summed E-state index contributed by atoms with van der Waals surface area (Å²) in [4.78, 5) is 28.1. The molecule has 4 atom stereocenters. The van der Waals surface area contributed by atoms with Crippen molar-refractivity contribution >= 4 is 17.5 Å². The molecule has 3 nitrogen and oxygen atoms in total. The number of carbonyl (C=O) groups excluding carboxylic acids is 2. The van der Waals surface area contributed by atoms with Crippen molar-refractivity contribution in [2.75, 3.05) is 4.90 Å². The third kappa shape index (κ3) is 3.55. The average Bonchev–Trinajstić information content (AvgIpc) is 3.09. The summed E-state index contributed by atoms with van der Waals surface area (Å²) in [5.74, 6) is -3.60. The number of imide groups is 1. The highest BCUT2D eigenvalue weighted by Crippen LogP contribution is 2.51. The molecular formula is C27H20F3NO2. The van der Waals surface area contributed by atoms with Gasteiger partial charge in [0.1, 0.15) is 0 Å². The fourth-order valence-electron chi connectivity index (χ4n) is 5.08. The van der Waals surface area contributed by atoms with Gasteiger partial charge in [0, 0.05) is 11.8 Å². The summed E-state index contributed by atoms with van der Waals surface area (Å²) in [5.41, 5.74) is 0.295. The number of anilines is 1. The molecule has 2 aliphatic rings.